The first-order chi connectivity index (χ1) is 21.0. The Kier molecular flexibility index (Phi) is 14.7. The number of hydrogen-bond acceptors (Lipinski definition) is 7. The summed E-state index contributed by atoms with van der Waals surface area (Å²) in [6.07, 6.45) is 4.50. The Labute approximate surface area is 276 Å². The van der Waals surface area contributed by atoms with E-state index in [1.54, 1.807) is 62.3 Å². The number of carbonyl (C=O) groups excluding carboxylic acids is 6. The van der Waals surface area contributed by atoms with E-state index in [1.807, 2.05) is 20.8 Å². The number of primary amides is 1. The van der Waals surface area contributed by atoms with Gasteiger partial charge in [-0.05, 0) is 62.7 Å². The fourth-order valence-corrected chi connectivity index (χ4v) is 5.67. The average molecular weight is 652 g/mol. The maximum absolute atomic E-state index is 14.2. The van der Waals surface area contributed by atoms with Gasteiger partial charge in [0, 0.05) is 6.54 Å². The lowest BCUT2D eigenvalue weighted by Gasteiger charge is -2.43. The number of rotatable bonds is 10. The number of carbonyl (C=O) groups is 6. The van der Waals surface area contributed by atoms with Gasteiger partial charge in [-0.15, -0.1) is 0 Å². The maximum atomic E-state index is 14.2. The molecule has 0 bridgehead atoms. The SMILES string of the molecule is CC.CC1CCCN(C(=O)C(NC(=O)NC(C(=O)OC(C)(C)C)C(C)(C)C)C(C)(C)C)C1C(=O)NC(CC1CCC1)C(=O)C(N)=O. The molecule has 2 rings (SSSR count). The molecule has 1 saturated heterocycles. The first kappa shape index (κ1) is 40.8. The highest BCUT2D eigenvalue weighted by atomic mass is 16.6. The van der Waals surface area contributed by atoms with Crippen LogP contribution in [0.2, 0.25) is 0 Å². The van der Waals surface area contributed by atoms with Crippen molar-refractivity contribution in [3.63, 3.8) is 0 Å². The second kappa shape index (κ2) is 16.6. The van der Waals surface area contributed by atoms with Crippen molar-refractivity contribution >= 4 is 35.5 Å². The molecule has 46 heavy (non-hydrogen) atoms. The number of nitrogens with one attached hydrogen (secondary N) is 3. The lowest BCUT2D eigenvalue weighted by molar-refractivity contribution is -0.160. The molecular formula is C34H61N5O7. The molecule has 1 aliphatic carbocycles. The largest absolute Gasteiger partial charge is 0.458 e. The van der Waals surface area contributed by atoms with Crippen molar-refractivity contribution in [1.29, 1.82) is 0 Å². The quantitative estimate of drug-likeness (QED) is 0.205. The van der Waals surface area contributed by atoms with Crippen LogP contribution in [0.15, 0.2) is 0 Å². The number of nitrogens with two attached hydrogens (primary N) is 1. The minimum absolute atomic E-state index is 0.218. The van der Waals surface area contributed by atoms with E-state index < -0.39 is 76.1 Å². The van der Waals surface area contributed by atoms with E-state index in [1.165, 1.54) is 4.90 Å². The molecule has 0 aromatic rings. The van der Waals surface area contributed by atoms with Gasteiger partial charge in [0.1, 0.15) is 23.7 Å². The second-order valence-electron chi connectivity index (χ2n) is 15.7. The maximum Gasteiger partial charge on any atom is 0.329 e. The Balaban J connectivity index is 0.00000518. The van der Waals surface area contributed by atoms with Crippen LogP contribution in [-0.4, -0.2) is 76.7 Å². The summed E-state index contributed by atoms with van der Waals surface area (Å²) < 4.78 is 5.54. The number of Topliss-reactive ketones (excluding diaryl/α,β-unsaturated/α-hetero) is 1. The van der Waals surface area contributed by atoms with Crippen molar-refractivity contribution in [3.05, 3.63) is 0 Å². The summed E-state index contributed by atoms with van der Waals surface area (Å²) in [5.74, 6) is -3.57. The summed E-state index contributed by atoms with van der Waals surface area (Å²) >= 11 is 0. The minimum atomic E-state index is -1.11. The monoisotopic (exact) mass is 651 g/mol. The molecule has 0 spiro atoms. The Morgan fingerprint density at radius 1 is 0.804 bits per heavy atom. The van der Waals surface area contributed by atoms with Gasteiger partial charge in [0.15, 0.2) is 0 Å². The van der Waals surface area contributed by atoms with Crippen molar-refractivity contribution in [2.24, 2.45) is 28.4 Å². The molecule has 12 heteroatoms. The molecule has 5 atom stereocenters. The summed E-state index contributed by atoms with van der Waals surface area (Å²) in [7, 11) is 0. The van der Waals surface area contributed by atoms with Gasteiger partial charge in [-0.2, -0.15) is 0 Å². The number of hydrogen-bond donors (Lipinski definition) is 4. The zero-order valence-electron chi connectivity index (χ0n) is 30.3. The van der Waals surface area contributed by atoms with E-state index in [2.05, 4.69) is 16.0 Å². The topological polar surface area (TPSA) is 177 Å². The minimum Gasteiger partial charge on any atom is -0.458 e. The van der Waals surface area contributed by atoms with Gasteiger partial charge in [-0.1, -0.05) is 81.6 Å². The van der Waals surface area contributed by atoms with Crippen molar-refractivity contribution in [2.45, 2.75) is 151 Å². The number of amides is 5. The molecule has 5 amide bonds. The Bertz CT molecular complexity index is 1100. The van der Waals surface area contributed by atoms with Crippen LogP contribution < -0.4 is 21.7 Å². The van der Waals surface area contributed by atoms with Gasteiger partial charge in [0.05, 0.1) is 6.04 Å². The van der Waals surface area contributed by atoms with Gasteiger partial charge in [-0.25, -0.2) is 9.59 Å². The van der Waals surface area contributed by atoms with Crippen LogP contribution in [0.25, 0.3) is 0 Å². The Morgan fingerprint density at radius 3 is 1.76 bits per heavy atom. The van der Waals surface area contributed by atoms with Crippen molar-refractivity contribution in [1.82, 2.24) is 20.9 Å². The smallest absolute Gasteiger partial charge is 0.329 e. The highest BCUT2D eigenvalue weighted by Gasteiger charge is 2.45. The van der Waals surface area contributed by atoms with Crippen molar-refractivity contribution in [2.75, 3.05) is 6.54 Å². The molecule has 1 saturated carbocycles. The number of ketones is 1. The molecule has 2 fully saturated rings. The number of nitrogens with zero attached hydrogens (tertiary/aromatic N) is 1. The molecule has 12 nitrogen and oxygen atoms in total. The third-order valence-electron chi connectivity index (χ3n) is 8.33. The van der Waals surface area contributed by atoms with Gasteiger partial charge in [0.2, 0.25) is 17.6 Å². The van der Waals surface area contributed by atoms with E-state index in [-0.39, 0.29) is 18.4 Å². The van der Waals surface area contributed by atoms with Crippen LogP contribution in [0.3, 0.4) is 0 Å². The van der Waals surface area contributed by atoms with E-state index in [0.29, 0.717) is 19.3 Å². The molecule has 1 aliphatic heterocycles. The second-order valence-corrected chi connectivity index (χ2v) is 15.7. The van der Waals surface area contributed by atoms with Crippen molar-refractivity contribution < 1.29 is 33.5 Å². The van der Waals surface area contributed by atoms with Gasteiger partial charge in [-0.3, -0.25) is 19.2 Å². The summed E-state index contributed by atoms with van der Waals surface area (Å²) in [6.45, 7) is 22.2. The predicted octanol–water partition coefficient (Wildman–Crippen LogP) is 3.84. The molecular weight excluding hydrogens is 590 g/mol. The number of esters is 1. The van der Waals surface area contributed by atoms with Crippen molar-refractivity contribution in [3.8, 4) is 0 Å². The first-order valence-corrected chi connectivity index (χ1v) is 16.8. The standard InChI is InChI=1S/C32H55N5O7.C2H6/c1-18-13-12-16-37(21(18)26(40)34-20(22(38)25(33)39)17-19-14-11-15-19)27(41)23(30(2,3)4)35-29(43)36-24(31(5,6)7)28(42)44-32(8,9)10;1-2/h18-21,23-24H,11-17H2,1-10H3,(H2,33,39)(H,34,40)(H2,35,36,43);1-2H3. The number of piperidine rings is 1. The number of likely N-dealkylation sites (tertiary alicyclic amines) is 1. The summed E-state index contributed by atoms with van der Waals surface area (Å²) in [5.41, 5.74) is 3.07. The predicted molar refractivity (Wildman–Crippen MR) is 177 cm³/mol. The van der Waals surface area contributed by atoms with Crippen LogP contribution >= 0.6 is 0 Å². The van der Waals surface area contributed by atoms with Gasteiger partial charge < -0.3 is 31.3 Å². The van der Waals surface area contributed by atoms with E-state index in [9.17, 15) is 28.8 Å². The zero-order valence-corrected chi connectivity index (χ0v) is 30.3. The van der Waals surface area contributed by atoms with Crippen LogP contribution in [-0.2, 0) is 28.7 Å². The lowest BCUT2D eigenvalue weighted by Crippen LogP contribution is -2.65. The Hall–Kier alpha value is -3.18. The van der Waals surface area contributed by atoms with Gasteiger partial charge >= 0.3 is 12.0 Å². The molecule has 264 valence electrons. The van der Waals surface area contributed by atoms with Crippen LogP contribution in [0.5, 0.6) is 0 Å². The van der Waals surface area contributed by atoms with Crippen LogP contribution in [0, 0.1) is 22.7 Å². The van der Waals surface area contributed by atoms with E-state index in [0.717, 1.165) is 19.3 Å². The molecule has 0 aromatic carbocycles. The molecule has 5 unspecified atom stereocenters. The molecule has 0 aromatic heterocycles. The summed E-state index contributed by atoms with van der Waals surface area (Å²) in [5, 5.41) is 8.21. The van der Waals surface area contributed by atoms with E-state index >= 15 is 0 Å². The first-order valence-electron chi connectivity index (χ1n) is 16.8. The fraction of sp³-hybridized carbons (Fsp3) is 0.824. The molecule has 1 heterocycles. The highest BCUT2D eigenvalue weighted by Crippen LogP contribution is 2.32. The average Bonchev–Trinajstić information content (AvgIpc) is 2.89. The zero-order chi connectivity index (χ0) is 35.8. The summed E-state index contributed by atoms with van der Waals surface area (Å²) in [4.78, 5) is 80.1. The highest BCUT2D eigenvalue weighted by molar-refractivity contribution is 6.37. The van der Waals surface area contributed by atoms with Crippen LogP contribution in [0.4, 0.5) is 4.79 Å². The van der Waals surface area contributed by atoms with Crippen LogP contribution in [0.1, 0.15) is 122 Å². The fourth-order valence-electron chi connectivity index (χ4n) is 5.67. The molecule has 2 aliphatic rings. The summed E-state index contributed by atoms with van der Waals surface area (Å²) in [6, 6.07) is -4.75. The number of ether oxygens (including phenoxy) is 1. The van der Waals surface area contributed by atoms with Gasteiger partial charge in [0.25, 0.3) is 5.91 Å². The number of urea groups is 1. The van der Waals surface area contributed by atoms with E-state index in [4.69, 9.17) is 10.5 Å². The third kappa shape index (κ3) is 11.9. The normalized spacial score (nSPS) is 20.8. The molecule has 0 radical (unpaired) electrons. The third-order valence-corrected chi connectivity index (χ3v) is 8.33. The molecule has 5 N–H and O–H groups in total. The lowest BCUT2D eigenvalue weighted by atomic mass is 9.79. The Morgan fingerprint density at radius 2 is 1.33 bits per heavy atom.